The van der Waals surface area contributed by atoms with E-state index in [9.17, 15) is 14.4 Å². The molecule has 9 nitrogen and oxygen atoms in total. The highest BCUT2D eigenvalue weighted by atomic mass is 32.1. The van der Waals surface area contributed by atoms with Crippen molar-refractivity contribution in [2.75, 3.05) is 40.0 Å². The van der Waals surface area contributed by atoms with Crippen LogP contribution in [-0.2, 0) is 19.1 Å². The number of methoxy groups -OCH3 is 1. The van der Waals surface area contributed by atoms with Crippen LogP contribution in [-0.4, -0.2) is 73.9 Å². The summed E-state index contributed by atoms with van der Waals surface area (Å²) in [5.74, 6) is -0.625. The van der Waals surface area contributed by atoms with Gasteiger partial charge in [-0.25, -0.2) is 0 Å². The van der Waals surface area contributed by atoms with Crippen molar-refractivity contribution in [2.45, 2.75) is 25.8 Å². The lowest BCUT2D eigenvalue weighted by molar-refractivity contribution is -0.148. The SMILES string of the molecule is CCCOc1ccc(C(=O)NC(=S)N2CCNC(=O)C2CC(=O)OCCOC)cc1. The van der Waals surface area contributed by atoms with Crippen LogP contribution < -0.4 is 15.4 Å². The van der Waals surface area contributed by atoms with Crippen molar-refractivity contribution < 1.29 is 28.6 Å². The molecular formula is C20H27N3O6S. The van der Waals surface area contributed by atoms with Crippen LogP contribution in [0, 0.1) is 0 Å². The highest BCUT2D eigenvalue weighted by Gasteiger charge is 2.34. The van der Waals surface area contributed by atoms with Gasteiger partial charge in [0, 0.05) is 25.8 Å². The maximum atomic E-state index is 12.5. The molecule has 0 spiro atoms. The van der Waals surface area contributed by atoms with E-state index in [4.69, 9.17) is 26.4 Å². The fraction of sp³-hybridized carbons (Fsp3) is 0.500. The van der Waals surface area contributed by atoms with Gasteiger partial charge in [-0.05, 0) is 42.9 Å². The van der Waals surface area contributed by atoms with Gasteiger partial charge < -0.3 is 24.4 Å². The molecule has 0 bridgehead atoms. The summed E-state index contributed by atoms with van der Waals surface area (Å²) in [5.41, 5.74) is 0.401. The molecule has 1 heterocycles. The molecule has 1 unspecified atom stereocenters. The van der Waals surface area contributed by atoms with Gasteiger partial charge in [-0.1, -0.05) is 6.92 Å². The maximum Gasteiger partial charge on any atom is 0.308 e. The summed E-state index contributed by atoms with van der Waals surface area (Å²) in [6.07, 6.45) is 0.704. The Morgan fingerprint density at radius 3 is 2.63 bits per heavy atom. The fourth-order valence-electron chi connectivity index (χ4n) is 2.78. The molecule has 2 rings (SSSR count). The first-order chi connectivity index (χ1) is 14.5. The van der Waals surface area contributed by atoms with E-state index in [1.165, 1.54) is 12.0 Å². The third kappa shape index (κ3) is 6.96. The monoisotopic (exact) mass is 437 g/mol. The molecule has 1 fully saturated rings. The van der Waals surface area contributed by atoms with Crippen LogP contribution in [0.5, 0.6) is 5.75 Å². The van der Waals surface area contributed by atoms with E-state index in [0.29, 0.717) is 31.0 Å². The minimum absolute atomic E-state index is 0.0795. The zero-order chi connectivity index (χ0) is 21.9. The molecule has 0 aliphatic carbocycles. The first-order valence-electron chi connectivity index (χ1n) is 9.73. The van der Waals surface area contributed by atoms with Gasteiger partial charge in [0.2, 0.25) is 5.91 Å². The van der Waals surface area contributed by atoms with Gasteiger partial charge in [-0.2, -0.15) is 0 Å². The zero-order valence-electron chi connectivity index (χ0n) is 17.1. The van der Waals surface area contributed by atoms with E-state index < -0.39 is 17.9 Å². The number of esters is 1. The molecule has 30 heavy (non-hydrogen) atoms. The van der Waals surface area contributed by atoms with Gasteiger partial charge in [0.1, 0.15) is 18.4 Å². The summed E-state index contributed by atoms with van der Waals surface area (Å²) in [7, 11) is 1.50. The van der Waals surface area contributed by atoms with Crippen LogP contribution >= 0.6 is 12.2 Å². The van der Waals surface area contributed by atoms with E-state index in [1.54, 1.807) is 24.3 Å². The average molecular weight is 438 g/mol. The highest BCUT2D eigenvalue weighted by Crippen LogP contribution is 2.14. The van der Waals surface area contributed by atoms with Crippen molar-refractivity contribution in [2.24, 2.45) is 0 Å². The number of nitrogens with one attached hydrogen (secondary N) is 2. The summed E-state index contributed by atoms with van der Waals surface area (Å²) in [6, 6.07) is 5.83. The lowest BCUT2D eigenvalue weighted by Crippen LogP contribution is -2.60. The minimum atomic E-state index is -0.855. The molecule has 1 aliphatic rings. The smallest absolute Gasteiger partial charge is 0.308 e. The van der Waals surface area contributed by atoms with E-state index in [-0.39, 0.29) is 30.7 Å². The second-order valence-corrected chi connectivity index (χ2v) is 6.94. The molecular weight excluding hydrogens is 410 g/mol. The Morgan fingerprint density at radius 1 is 1.23 bits per heavy atom. The Hall–Kier alpha value is -2.72. The zero-order valence-corrected chi connectivity index (χ0v) is 18.0. The van der Waals surface area contributed by atoms with E-state index in [2.05, 4.69) is 10.6 Å². The topological polar surface area (TPSA) is 106 Å². The van der Waals surface area contributed by atoms with Crippen molar-refractivity contribution in [3.8, 4) is 5.75 Å². The number of ether oxygens (including phenoxy) is 3. The quantitative estimate of drug-likeness (QED) is 0.333. The number of carbonyl (C=O) groups is 3. The van der Waals surface area contributed by atoms with Crippen LogP contribution in [0.2, 0.25) is 0 Å². The predicted octanol–water partition coefficient (Wildman–Crippen LogP) is 0.870. The lowest BCUT2D eigenvalue weighted by atomic mass is 10.1. The standard InChI is InChI=1S/C20H27N3O6S/c1-3-10-28-15-6-4-14(5-7-15)18(25)22-20(30)23-9-8-21-19(26)16(23)13-17(24)29-12-11-27-2/h4-7,16H,3,8-13H2,1-2H3,(H,21,26)(H,22,25,30). The van der Waals surface area contributed by atoms with Crippen molar-refractivity contribution in [1.29, 1.82) is 0 Å². The first kappa shape index (κ1) is 23.6. The number of amides is 2. The largest absolute Gasteiger partial charge is 0.494 e. The predicted molar refractivity (Wildman–Crippen MR) is 113 cm³/mol. The molecule has 1 saturated heterocycles. The third-order valence-electron chi connectivity index (χ3n) is 4.31. The Kier molecular flexibility index (Phi) is 9.49. The third-order valence-corrected chi connectivity index (χ3v) is 4.65. The first-order valence-corrected chi connectivity index (χ1v) is 10.1. The van der Waals surface area contributed by atoms with Crippen molar-refractivity contribution in [3.05, 3.63) is 29.8 Å². The number of hydrogen-bond acceptors (Lipinski definition) is 7. The van der Waals surface area contributed by atoms with Gasteiger partial charge in [0.25, 0.3) is 5.91 Å². The molecule has 10 heteroatoms. The Bertz CT molecular complexity index is 755. The number of carbonyl (C=O) groups excluding carboxylic acids is 3. The number of hydrogen-bond donors (Lipinski definition) is 2. The highest BCUT2D eigenvalue weighted by molar-refractivity contribution is 7.80. The van der Waals surface area contributed by atoms with Crippen LogP contribution in [0.15, 0.2) is 24.3 Å². The average Bonchev–Trinajstić information content (AvgIpc) is 2.74. The van der Waals surface area contributed by atoms with Gasteiger partial charge >= 0.3 is 5.97 Å². The molecule has 0 aromatic heterocycles. The molecule has 1 atom stereocenters. The lowest BCUT2D eigenvalue weighted by Gasteiger charge is -2.36. The number of nitrogens with zero attached hydrogens (tertiary/aromatic N) is 1. The normalized spacial score (nSPS) is 15.9. The second-order valence-electron chi connectivity index (χ2n) is 6.55. The molecule has 1 aromatic carbocycles. The van der Waals surface area contributed by atoms with Gasteiger partial charge in [0.15, 0.2) is 5.11 Å². The summed E-state index contributed by atoms with van der Waals surface area (Å²) in [5, 5.41) is 5.41. The number of rotatable bonds is 9. The molecule has 0 saturated carbocycles. The summed E-state index contributed by atoms with van der Waals surface area (Å²) < 4.78 is 15.4. The van der Waals surface area contributed by atoms with Crippen molar-refractivity contribution >= 4 is 35.1 Å². The van der Waals surface area contributed by atoms with E-state index >= 15 is 0 Å². The molecule has 1 aromatic rings. The molecule has 2 amide bonds. The Labute approximate surface area is 181 Å². The van der Waals surface area contributed by atoms with E-state index in [1.807, 2.05) is 6.92 Å². The Morgan fingerprint density at radius 2 is 1.97 bits per heavy atom. The fourth-order valence-corrected chi connectivity index (χ4v) is 3.09. The van der Waals surface area contributed by atoms with Crippen LogP contribution in [0.1, 0.15) is 30.1 Å². The molecule has 2 N–H and O–H groups in total. The van der Waals surface area contributed by atoms with Crippen molar-refractivity contribution in [3.63, 3.8) is 0 Å². The van der Waals surface area contributed by atoms with E-state index in [0.717, 1.165) is 6.42 Å². The molecule has 1 aliphatic heterocycles. The summed E-state index contributed by atoms with van der Waals surface area (Å²) in [4.78, 5) is 38.4. The van der Waals surface area contributed by atoms with Crippen LogP contribution in [0.4, 0.5) is 0 Å². The van der Waals surface area contributed by atoms with Crippen LogP contribution in [0.3, 0.4) is 0 Å². The van der Waals surface area contributed by atoms with Crippen molar-refractivity contribution in [1.82, 2.24) is 15.5 Å². The summed E-state index contributed by atoms with van der Waals surface area (Å²) in [6.45, 7) is 3.70. The second kappa shape index (κ2) is 12.1. The number of benzene rings is 1. The van der Waals surface area contributed by atoms with Crippen LogP contribution in [0.25, 0.3) is 0 Å². The van der Waals surface area contributed by atoms with Gasteiger partial charge in [-0.3, -0.25) is 19.7 Å². The van der Waals surface area contributed by atoms with Gasteiger partial charge in [-0.15, -0.1) is 0 Å². The minimum Gasteiger partial charge on any atom is -0.494 e. The van der Waals surface area contributed by atoms with Gasteiger partial charge in [0.05, 0.1) is 19.6 Å². The number of thiocarbonyl (C=S) groups is 1. The number of piperazine rings is 1. The maximum absolute atomic E-state index is 12.5. The Balaban J connectivity index is 1.97. The molecule has 0 radical (unpaired) electrons. The molecule has 164 valence electrons. The summed E-state index contributed by atoms with van der Waals surface area (Å²) >= 11 is 5.34.